The van der Waals surface area contributed by atoms with Crippen LogP contribution in [0, 0.1) is 10.1 Å². The van der Waals surface area contributed by atoms with E-state index in [-0.39, 0.29) is 10.8 Å². The van der Waals surface area contributed by atoms with Gasteiger partial charge in [-0.15, -0.1) is 0 Å². The summed E-state index contributed by atoms with van der Waals surface area (Å²) in [5, 5.41) is 13.4. The van der Waals surface area contributed by atoms with E-state index in [0.717, 1.165) is 0 Å². The van der Waals surface area contributed by atoms with E-state index in [1.807, 2.05) is 0 Å². The molecule has 0 aliphatic heterocycles. The van der Waals surface area contributed by atoms with Gasteiger partial charge in [-0.2, -0.15) is 0 Å². The first-order valence-corrected chi connectivity index (χ1v) is 4.56. The van der Waals surface area contributed by atoms with Gasteiger partial charge in [-0.05, 0) is 0 Å². The number of rotatable bonds is 5. The fourth-order valence-corrected chi connectivity index (χ4v) is 1.16. The molecule has 0 aromatic carbocycles. The first-order valence-electron chi connectivity index (χ1n) is 4.18. The van der Waals surface area contributed by atoms with Crippen molar-refractivity contribution in [1.82, 2.24) is 4.98 Å². The molecule has 0 saturated carbocycles. The third-order valence-electron chi connectivity index (χ3n) is 1.60. The van der Waals surface area contributed by atoms with Gasteiger partial charge >= 0.3 is 0 Å². The molecule has 0 radical (unpaired) electrons. The maximum Gasteiger partial charge on any atom is 0.276 e. The average molecular weight is 232 g/mol. The maximum atomic E-state index is 10.5. The van der Waals surface area contributed by atoms with Crippen LogP contribution >= 0.6 is 11.6 Å². The molecule has 1 aromatic heterocycles. The van der Waals surface area contributed by atoms with Crippen molar-refractivity contribution in [2.24, 2.45) is 0 Å². The molecule has 1 heterocycles. The minimum Gasteiger partial charge on any atom is -0.383 e. The van der Waals surface area contributed by atoms with Crippen LogP contribution in [-0.4, -0.2) is 30.2 Å². The topological polar surface area (TPSA) is 77.3 Å². The smallest absolute Gasteiger partial charge is 0.276 e. The summed E-state index contributed by atoms with van der Waals surface area (Å²) in [5.74, 6) is 0.367. The largest absolute Gasteiger partial charge is 0.383 e. The number of nitrogens with one attached hydrogen (secondary N) is 1. The Balaban J connectivity index is 2.75. The van der Waals surface area contributed by atoms with Gasteiger partial charge in [-0.3, -0.25) is 10.1 Å². The molecule has 1 rings (SSSR count). The minimum atomic E-state index is -0.519. The van der Waals surface area contributed by atoms with Crippen molar-refractivity contribution in [2.75, 3.05) is 25.6 Å². The van der Waals surface area contributed by atoms with Crippen LogP contribution in [0.2, 0.25) is 5.15 Å². The highest BCUT2D eigenvalue weighted by Gasteiger charge is 2.09. The van der Waals surface area contributed by atoms with E-state index in [1.165, 1.54) is 12.1 Å². The summed E-state index contributed by atoms with van der Waals surface area (Å²) in [6.07, 6.45) is 0. The normalized spacial score (nSPS) is 10.0. The summed E-state index contributed by atoms with van der Waals surface area (Å²) >= 11 is 5.62. The molecule has 15 heavy (non-hydrogen) atoms. The van der Waals surface area contributed by atoms with Crippen LogP contribution in [0.15, 0.2) is 12.1 Å². The second kappa shape index (κ2) is 5.47. The van der Waals surface area contributed by atoms with E-state index in [2.05, 4.69) is 10.3 Å². The number of hydrogen-bond donors (Lipinski definition) is 1. The highest BCUT2D eigenvalue weighted by molar-refractivity contribution is 6.29. The molecule has 0 aliphatic carbocycles. The molecule has 0 amide bonds. The number of nitro groups is 1. The second-order valence-corrected chi connectivity index (χ2v) is 3.10. The average Bonchev–Trinajstić information content (AvgIpc) is 2.17. The predicted octanol–water partition coefficient (Wildman–Crippen LogP) is 1.70. The van der Waals surface area contributed by atoms with Crippen LogP contribution in [0.25, 0.3) is 0 Å². The van der Waals surface area contributed by atoms with Crippen molar-refractivity contribution >= 4 is 23.1 Å². The van der Waals surface area contributed by atoms with Crippen molar-refractivity contribution in [1.29, 1.82) is 0 Å². The standard InChI is InChI=1S/C8H10ClN3O3/c1-15-3-2-10-8-5-6(12(13)14)4-7(9)11-8/h4-5H,2-3H2,1H3,(H,10,11). The first kappa shape index (κ1) is 11.7. The van der Waals surface area contributed by atoms with Crippen LogP contribution in [0.3, 0.4) is 0 Å². The van der Waals surface area contributed by atoms with Crippen molar-refractivity contribution in [2.45, 2.75) is 0 Å². The van der Waals surface area contributed by atoms with Crippen LogP contribution in [0.1, 0.15) is 0 Å². The fourth-order valence-electron chi connectivity index (χ4n) is 0.961. The molecule has 0 unspecified atom stereocenters. The van der Waals surface area contributed by atoms with Gasteiger partial charge in [0.1, 0.15) is 11.0 Å². The number of anilines is 1. The molecule has 0 atom stereocenters. The van der Waals surface area contributed by atoms with Crippen molar-refractivity contribution in [3.8, 4) is 0 Å². The Kier molecular flexibility index (Phi) is 4.26. The molecular formula is C8H10ClN3O3. The van der Waals surface area contributed by atoms with Gasteiger partial charge in [0.25, 0.3) is 5.69 Å². The SMILES string of the molecule is COCCNc1cc([N+](=O)[O-])cc(Cl)n1. The Morgan fingerprint density at radius 1 is 1.67 bits per heavy atom. The van der Waals surface area contributed by atoms with E-state index in [9.17, 15) is 10.1 Å². The summed E-state index contributed by atoms with van der Waals surface area (Å²) < 4.78 is 4.81. The fraction of sp³-hybridized carbons (Fsp3) is 0.375. The number of ether oxygens (including phenoxy) is 1. The van der Waals surface area contributed by atoms with Gasteiger partial charge in [0.2, 0.25) is 0 Å². The van der Waals surface area contributed by atoms with Crippen LogP contribution < -0.4 is 5.32 Å². The Morgan fingerprint density at radius 2 is 2.40 bits per heavy atom. The van der Waals surface area contributed by atoms with E-state index < -0.39 is 4.92 Å². The third kappa shape index (κ3) is 3.69. The molecule has 82 valence electrons. The van der Waals surface area contributed by atoms with Crippen LogP contribution in [0.5, 0.6) is 0 Å². The molecule has 0 bridgehead atoms. The Labute approximate surface area is 91.4 Å². The van der Waals surface area contributed by atoms with Gasteiger partial charge in [-0.25, -0.2) is 4.98 Å². The Morgan fingerprint density at radius 3 is 3.00 bits per heavy atom. The maximum absolute atomic E-state index is 10.5. The lowest BCUT2D eigenvalue weighted by Crippen LogP contribution is -2.09. The summed E-state index contributed by atoms with van der Waals surface area (Å²) in [4.78, 5) is 13.9. The molecule has 1 aromatic rings. The number of aromatic nitrogens is 1. The molecule has 6 nitrogen and oxygen atoms in total. The number of pyridine rings is 1. The highest BCUT2D eigenvalue weighted by Crippen LogP contribution is 2.20. The molecule has 0 saturated heterocycles. The zero-order chi connectivity index (χ0) is 11.3. The molecular weight excluding hydrogens is 222 g/mol. The summed E-state index contributed by atoms with van der Waals surface area (Å²) in [6, 6.07) is 2.52. The zero-order valence-electron chi connectivity index (χ0n) is 8.07. The van der Waals surface area contributed by atoms with Gasteiger partial charge in [0, 0.05) is 13.7 Å². The molecule has 0 spiro atoms. The minimum absolute atomic E-state index is 0.0871. The lowest BCUT2D eigenvalue weighted by molar-refractivity contribution is -0.384. The summed E-state index contributed by atoms with van der Waals surface area (Å²) in [6.45, 7) is 1.00. The summed E-state index contributed by atoms with van der Waals surface area (Å²) in [7, 11) is 1.57. The van der Waals surface area contributed by atoms with E-state index in [4.69, 9.17) is 16.3 Å². The van der Waals surface area contributed by atoms with E-state index in [0.29, 0.717) is 19.0 Å². The van der Waals surface area contributed by atoms with Crippen molar-refractivity contribution in [3.05, 3.63) is 27.4 Å². The first-order chi connectivity index (χ1) is 7.13. The summed E-state index contributed by atoms with van der Waals surface area (Å²) in [5.41, 5.74) is -0.0880. The van der Waals surface area contributed by atoms with E-state index >= 15 is 0 Å². The monoisotopic (exact) mass is 231 g/mol. The Hall–Kier alpha value is -1.40. The van der Waals surface area contributed by atoms with Gasteiger partial charge in [-0.1, -0.05) is 11.6 Å². The quantitative estimate of drug-likeness (QED) is 0.361. The van der Waals surface area contributed by atoms with Gasteiger partial charge in [0.15, 0.2) is 0 Å². The Bertz CT molecular complexity index is 359. The number of methoxy groups -OCH3 is 1. The number of halogens is 1. The lowest BCUT2D eigenvalue weighted by Gasteiger charge is -2.04. The molecule has 0 fully saturated rings. The predicted molar refractivity (Wildman–Crippen MR) is 56.3 cm³/mol. The number of nitrogens with zero attached hydrogens (tertiary/aromatic N) is 2. The van der Waals surface area contributed by atoms with Crippen LogP contribution in [0.4, 0.5) is 11.5 Å². The third-order valence-corrected chi connectivity index (χ3v) is 1.80. The second-order valence-electron chi connectivity index (χ2n) is 2.71. The number of hydrogen-bond acceptors (Lipinski definition) is 5. The van der Waals surface area contributed by atoms with Gasteiger partial charge in [0.05, 0.1) is 23.7 Å². The lowest BCUT2D eigenvalue weighted by atomic mass is 10.4. The molecule has 1 N–H and O–H groups in total. The highest BCUT2D eigenvalue weighted by atomic mass is 35.5. The zero-order valence-corrected chi connectivity index (χ0v) is 8.82. The van der Waals surface area contributed by atoms with E-state index in [1.54, 1.807) is 7.11 Å². The van der Waals surface area contributed by atoms with Crippen molar-refractivity contribution < 1.29 is 9.66 Å². The molecule has 7 heteroatoms. The van der Waals surface area contributed by atoms with Gasteiger partial charge < -0.3 is 10.1 Å². The van der Waals surface area contributed by atoms with Crippen molar-refractivity contribution in [3.63, 3.8) is 0 Å². The molecule has 0 aliphatic rings. The van der Waals surface area contributed by atoms with Crippen LogP contribution in [-0.2, 0) is 4.74 Å².